The molecule has 0 aliphatic rings. The van der Waals surface area contributed by atoms with Gasteiger partial charge in [-0.05, 0) is 31.2 Å². The highest BCUT2D eigenvalue weighted by atomic mass is 16.5. The number of nitrogens with zero attached hydrogens (tertiary/aromatic N) is 2. The van der Waals surface area contributed by atoms with Crippen LogP contribution in [0.5, 0.6) is 11.5 Å². The Morgan fingerprint density at radius 3 is 2.20 bits per heavy atom. The van der Waals surface area contributed by atoms with Crippen molar-refractivity contribution in [3.8, 4) is 11.5 Å². The molecule has 0 spiro atoms. The second kappa shape index (κ2) is 7.53. The summed E-state index contributed by atoms with van der Waals surface area (Å²) in [6, 6.07) is 15.5. The van der Waals surface area contributed by atoms with E-state index in [9.17, 15) is 0 Å². The van der Waals surface area contributed by atoms with E-state index in [4.69, 9.17) is 9.47 Å². The summed E-state index contributed by atoms with van der Waals surface area (Å²) < 4.78 is 10.6. The molecule has 3 aromatic rings. The number of aryl methyl sites for hydroxylation is 1. The van der Waals surface area contributed by atoms with Crippen molar-refractivity contribution in [3.63, 3.8) is 0 Å². The van der Waals surface area contributed by atoms with Crippen molar-refractivity contribution in [2.75, 3.05) is 24.9 Å². The van der Waals surface area contributed by atoms with Crippen LogP contribution in [0.4, 0.5) is 23.0 Å². The third-order valence-electron chi connectivity index (χ3n) is 3.66. The van der Waals surface area contributed by atoms with Gasteiger partial charge in [-0.15, -0.1) is 0 Å². The molecule has 0 radical (unpaired) electrons. The smallest absolute Gasteiger partial charge is 0.142 e. The first-order valence-corrected chi connectivity index (χ1v) is 7.83. The van der Waals surface area contributed by atoms with Gasteiger partial charge in [0, 0.05) is 17.8 Å². The van der Waals surface area contributed by atoms with Gasteiger partial charge in [0.1, 0.15) is 29.5 Å². The van der Waals surface area contributed by atoms with E-state index >= 15 is 0 Å². The van der Waals surface area contributed by atoms with Gasteiger partial charge in [-0.1, -0.05) is 17.7 Å². The topological polar surface area (TPSA) is 68.3 Å². The Kier molecular flexibility index (Phi) is 4.99. The van der Waals surface area contributed by atoms with E-state index < -0.39 is 0 Å². The van der Waals surface area contributed by atoms with Crippen LogP contribution < -0.4 is 20.1 Å². The number of nitrogens with one attached hydrogen (secondary N) is 2. The maximum atomic E-state index is 5.38. The average molecular weight is 336 g/mol. The normalized spacial score (nSPS) is 10.2. The number of benzene rings is 2. The van der Waals surface area contributed by atoms with Gasteiger partial charge in [0.15, 0.2) is 0 Å². The second-order valence-electron chi connectivity index (χ2n) is 5.47. The number of ether oxygens (including phenoxy) is 2. The first-order valence-electron chi connectivity index (χ1n) is 7.83. The lowest BCUT2D eigenvalue weighted by atomic mass is 10.2. The van der Waals surface area contributed by atoms with Crippen molar-refractivity contribution in [1.29, 1.82) is 0 Å². The summed E-state index contributed by atoms with van der Waals surface area (Å²) in [5.41, 5.74) is 2.94. The summed E-state index contributed by atoms with van der Waals surface area (Å²) in [7, 11) is 3.25. The standard InChI is InChI=1S/C19H20N4O2/c1-13-4-6-14(7-5-13)22-18-11-19(21-12-20-18)23-16-10-15(24-2)8-9-17(16)25-3/h4-12H,1-3H3,(H2,20,21,22,23). The van der Waals surface area contributed by atoms with Gasteiger partial charge in [0.2, 0.25) is 0 Å². The van der Waals surface area contributed by atoms with E-state index in [1.54, 1.807) is 14.2 Å². The van der Waals surface area contributed by atoms with E-state index in [1.165, 1.54) is 11.9 Å². The SMILES string of the molecule is COc1ccc(OC)c(Nc2cc(Nc3ccc(C)cc3)ncn2)c1. The van der Waals surface area contributed by atoms with E-state index in [-0.39, 0.29) is 0 Å². The summed E-state index contributed by atoms with van der Waals surface area (Å²) in [5.74, 6) is 2.78. The molecule has 128 valence electrons. The minimum Gasteiger partial charge on any atom is -0.497 e. The van der Waals surface area contributed by atoms with Gasteiger partial charge in [-0.3, -0.25) is 0 Å². The number of anilines is 4. The molecule has 1 aromatic heterocycles. The van der Waals surface area contributed by atoms with Gasteiger partial charge in [-0.25, -0.2) is 9.97 Å². The van der Waals surface area contributed by atoms with Crippen LogP contribution in [-0.2, 0) is 0 Å². The van der Waals surface area contributed by atoms with Gasteiger partial charge in [0.25, 0.3) is 0 Å². The number of hydrogen-bond donors (Lipinski definition) is 2. The van der Waals surface area contributed by atoms with Crippen molar-refractivity contribution < 1.29 is 9.47 Å². The number of methoxy groups -OCH3 is 2. The van der Waals surface area contributed by atoms with Crippen LogP contribution in [0.25, 0.3) is 0 Å². The molecule has 0 amide bonds. The lowest BCUT2D eigenvalue weighted by Crippen LogP contribution is -2.00. The molecule has 2 N–H and O–H groups in total. The molecular weight excluding hydrogens is 316 g/mol. The Hall–Kier alpha value is -3.28. The third-order valence-corrected chi connectivity index (χ3v) is 3.66. The predicted molar refractivity (Wildman–Crippen MR) is 99.3 cm³/mol. The molecule has 0 bridgehead atoms. The van der Waals surface area contributed by atoms with Crippen LogP contribution in [0.1, 0.15) is 5.56 Å². The number of aromatic nitrogens is 2. The summed E-state index contributed by atoms with van der Waals surface area (Å²) in [6.45, 7) is 2.05. The fourth-order valence-corrected chi connectivity index (χ4v) is 2.33. The highest BCUT2D eigenvalue weighted by Crippen LogP contribution is 2.31. The van der Waals surface area contributed by atoms with Gasteiger partial charge in [0.05, 0.1) is 19.9 Å². The van der Waals surface area contributed by atoms with Crippen molar-refractivity contribution in [3.05, 3.63) is 60.4 Å². The Morgan fingerprint density at radius 2 is 1.52 bits per heavy atom. The quantitative estimate of drug-likeness (QED) is 0.700. The largest absolute Gasteiger partial charge is 0.497 e. The maximum absolute atomic E-state index is 5.38. The summed E-state index contributed by atoms with van der Waals surface area (Å²) in [6.07, 6.45) is 1.51. The van der Waals surface area contributed by atoms with E-state index in [2.05, 4.69) is 27.5 Å². The fourth-order valence-electron chi connectivity index (χ4n) is 2.33. The molecule has 0 saturated heterocycles. The van der Waals surface area contributed by atoms with Crippen LogP contribution in [0.2, 0.25) is 0 Å². The lowest BCUT2D eigenvalue weighted by Gasteiger charge is -2.13. The molecule has 0 atom stereocenters. The first-order chi connectivity index (χ1) is 12.2. The zero-order valence-corrected chi connectivity index (χ0v) is 14.4. The second-order valence-corrected chi connectivity index (χ2v) is 5.47. The molecule has 25 heavy (non-hydrogen) atoms. The minimum atomic E-state index is 0.649. The Morgan fingerprint density at radius 1 is 0.800 bits per heavy atom. The third kappa shape index (κ3) is 4.17. The van der Waals surface area contributed by atoms with Crippen LogP contribution in [0.15, 0.2) is 54.9 Å². The minimum absolute atomic E-state index is 0.649. The Balaban J connectivity index is 1.81. The number of rotatable bonds is 6. The molecule has 3 rings (SSSR count). The molecule has 0 unspecified atom stereocenters. The Labute approximate surface area is 146 Å². The monoisotopic (exact) mass is 336 g/mol. The van der Waals surface area contributed by atoms with Crippen LogP contribution >= 0.6 is 0 Å². The summed E-state index contributed by atoms with van der Waals surface area (Å²) in [4.78, 5) is 8.52. The highest BCUT2D eigenvalue weighted by Gasteiger charge is 2.07. The average Bonchev–Trinajstić information content (AvgIpc) is 2.64. The maximum Gasteiger partial charge on any atom is 0.142 e. The highest BCUT2D eigenvalue weighted by molar-refractivity contribution is 5.68. The van der Waals surface area contributed by atoms with Crippen LogP contribution in [0.3, 0.4) is 0 Å². The van der Waals surface area contributed by atoms with Crippen LogP contribution in [0, 0.1) is 6.92 Å². The Bertz CT molecular complexity index is 850. The van der Waals surface area contributed by atoms with E-state index in [1.807, 2.05) is 48.5 Å². The predicted octanol–water partition coefficient (Wildman–Crippen LogP) is 4.29. The molecule has 1 heterocycles. The molecule has 0 aliphatic heterocycles. The zero-order chi connectivity index (χ0) is 17.6. The fraction of sp³-hybridized carbons (Fsp3) is 0.158. The number of hydrogen-bond acceptors (Lipinski definition) is 6. The van der Waals surface area contributed by atoms with Crippen molar-refractivity contribution in [2.24, 2.45) is 0 Å². The van der Waals surface area contributed by atoms with Gasteiger partial charge >= 0.3 is 0 Å². The van der Waals surface area contributed by atoms with Crippen molar-refractivity contribution in [2.45, 2.75) is 6.92 Å². The zero-order valence-electron chi connectivity index (χ0n) is 14.4. The van der Waals surface area contributed by atoms with Crippen molar-refractivity contribution >= 4 is 23.0 Å². The van der Waals surface area contributed by atoms with Gasteiger partial charge in [-0.2, -0.15) is 0 Å². The molecule has 6 heteroatoms. The van der Waals surface area contributed by atoms with Crippen molar-refractivity contribution in [1.82, 2.24) is 9.97 Å². The van der Waals surface area contributed by atoms with Gasteiger partial charge < -0.3 is 20.1 Å². The lowest BCUT2D eigenvalue weighted by molar-refractivity contribution is 0.405. The first kappa shape index (κ1) is 16.6. The van der Waals surface area contributed by atoms with E-state index in [0.717, 1.165) is 17.1 Å². The summed E-state index contributed by atoms with van der Waals surface area (Å²) in [5, 5.41) is 6.50. The molecule has 2 aromatic carbocycles. The molecule has 0 fully saturated rings. The summed E-state index contributed by atoms with van der Waals surface area (Å²) >= 11 is 0. The molecule has 0 aliphatic carbocycles. The molecule has 6 nitrogen and oxygen atoms in total. The molecular formula is C19H20N4O2. The van der Waals surface area contributed by atoms with Crippen LogP contribution in [-0.4, -0.2) is 24.2 Å². The molecule has 0 saturated carbocycles. The van der Waals surface area contributed by atoms with E-state index in [0.29, 0.717) is 17.4 Å².